The molecule has 0 aliphatic carbocycles. The Kier molecular flexibility index (Phi) is 2.97. The first-order chi connectivity index (χ1) is 8.24. The van der Waals surface area contributed by atoms with Crippen LogP contribution in [0.5, 0.6) is 0 Å². The summed E-state index contributed by atoms with van der Waals surface area (Å²) < 4.78 is 13.1. The van der Waals surface area contributed by atoms with Crippen LogP contribution in [0.4, 0.5) is 10.1 Å². The maximum absolute atomic E-state index is 13.1. The molecule has 2 fully saturated rings. The van der Waals surface area contributed by atoms with E-state index >= 15 is 0 Å². The van der Waals surface area contributed by atoms with Gasteiger partial charge in [0.25, 0.3) is 0 Å². The molecule has 0 saturated carbocycles. The first-order valence-corrected chi connectivity index (χ1v) is 6.56. The third-order valence-electron chi connectivity index (χ3n) is 3.86. The summed E-state index contributed by atoms with van der Waals surface area (Å²) in [5.74, 6) is -0.338. The van der Waals surface area contributed by atoms with E-state index in [1.54, 1.807) is 6.07 Å². The zero-order chi connectivity index (χ0) is 11.8. The molecule has 2 heterocycles. The number of rotatable bonds is 1. The number of piperazine rings is 1. The van der Waals surface area contributed by atoms with Crippen molar-refractivity contribution in [3.63, 3.8) is 0 Å². The van der Waals surface area contributed by atoms with Gasteiger partial charge in [-0.15, -0.1) is 0 Å². The standard InChI is InChI=1S/C13H16ClFN2/c14-12-8-10(3-4-13(12)15)17-7-6-16-5-1-2-11(16)9-17/h3-4,8,11H,1-2,5-7,9H2. The zero-order valence-electron chi connectivity index (χ0n) is 9.70. The molecule has 1 atom stereocenters. The molecule has 3 rings (SSSR count). The first-order valence-electron chi connectivity index (χ1n) is 6.18. The van der Waals surface area contributed by atoms with Crippen LogP contribution in [0.15, 0.2) is 18.2 Å². The molecule has 0 radical (unpaired) electrons. The molecule has 17 heavy (non-hydrogen) atoms. The van der Waals surface area contributed by atoms with E-state index in [9.17, 15) is 4.39 Å². The fourth-order valence-corrected chi connectivity index (χ4v) is 3.08. The van der Waals surface area contributed by atoms with Gasteiger partial charge in [-0.1, -0.05) is 11.6 Å². The van der Waals surface area contributed by atoms with Crippen molar-refractivity contribution in [3.05, 3.63) is 29.0 Å². The number of hydrogen-bond acceptors (Lipinski definition) is 2. The number of benzene rings is 1. The Morgan fingerprint density at radius 3 is 2.94 bits per heavy atom. The molecule has 1 aromatic rings. The predicted octanol–water partition coefficient (Wildman–Crippen LogP) is 2.76. The van der Waals surface area contributed by atoms with Crippen molar-refractivity contribution in [1.29, 1.82) is 0 Å². The van der Waals surface area contributed by atoms with Gasteiger partial charge in [0.15, 0.2) is 0 Å². The molecular formula is C13H16ClFN2. The highest BCUT2D eigenvalue weighted by Gasteiger charge is 2.30. The lowest BCUT2D eigenvalue weighted by molar-refractivity contribution is 0.231. The average Bonchev–Trinajstić information content (AvgIpc) is 2.79. The van der Waals surface area contributed by atoms with E-state index in [0.29, 0.717) is 6.04 Å². The molecule has 2 aliphatic heterocycles. The first kappa shape index (κ1) is 11.3. The van der Waals surface area contributed by atoms with E-state index in [4.69, 9.17) is 11.6 Å². The number of hydrogen-bond donors (Lipinski definition) is 0. The Balaban J connectivity index is 1.78. The van der Waals surface area contributed by atoms with Crippen LogP contribution in [-0.4, -0.2) is 37.1 Å². The summed E-state index contributed by atoms with van der Waals surface area (Å²) in [6.07, 6.45) is 2.59. The summed E-state index contributed by atoms with van der Waals surface area (Å²) in [7, 11) is 0. The maximum atomic E-state index is 13.1. The number of nitrogens with zero attached hydrogens (tertiary/aromatic N) is 2. The van der Waals surface area contributed by atoms with Crippen molar-refractivity contribution < 1.29 is 4.39 Å². The SMILES string of the molecule is Fc1ccc(N2CCN3CCCC3C2)cc1Cl. The van der Waals surface area contributed by atoms with Crippen LogP contribution in [0.2, 0.25) is 5.02 Å². The summed E-state index contributed by atoms with van der Waals surface area (Å²) in [5, 5.41) is 0.219. The largest absolute Gasteiger partial charge is 0.369 e. The monoisotopic (exact) mass is 254 g/mol. The second-order valence-electron chi connectivity index (χ2n) is 4.88. The molecule has 0 aromatic heterocycles. The van der Waals surface area contributed by atoms with Gasteiger partial charge < -0.3 is 4.90 Å². The molecule has 0 N–H and O–H groups in total. The number of fused-ring (bicyclic) bond motifs is 1. The molecule has 4 heteroatoms. The third-order valence-corrected chi connectivity index (χ3v) is 4.15. The summed E-state index contributed by atoms with van der Waals surface area (Å²) in [6, 6.07) is 5.69. The molecule has 0 bridgehead atoms. The zero-order valence-corrected chi connectivity index (χ0v) is 10.5. The maximum Gasteiger partial charge on any atom is 0.141 e. The predicted molar refractivity (Wildman–Crippen MR) is 68.2 cm³/mol. The second-order valence-corrected chi connectivity index (χ2v) is 5.28. The Labute approximate surface area is 106 Å². The summed E-state index contributed by atoms with van der Waals surface area (Å²) in [4.78, 5) is 4.87. The van der Waals surface area contributed by atoms with Gasteiger partial charge in [-0.3, -0.25) is 4.90 Å². The fourth-order valence-electron chi connectivity index (χ4n) is 2.91. The molecular weight excluding hydrogens is 239 g/mol. The van der Waals surface area contributed by atoms with Crippen LogP contribution < -0.4 is 4.90 Å². The summed E-state index contributed by atoms with van der Waals surface area (Å²) in [6.45, 7) is 4.41. The van der Waals surface area contributed by atoms with Crippen LogP contribution in [0.1, 0.15) is 12.8 Å². The van der Waals surface area contributed by atoms with E-state index in [0.717, 1.165) is 25.3 Å². The van der Waals surface area contributed by atoms with Crippen molar-refractivity contribution in [1.82, 2.24) is 4.90 Å². The molecule has 1 aromatic carbocycles. The molecule has 2 aliphatic rings. The highest BCUT2D eigenvalue weighted by Crippen LogP contribution is 2.27. The van der Waals surface area contributed by atoms with Crippen molar-refractivity contribution in [2.45, 2.75) is 18.9 Å². The molecule has 2 saturated heterocycles. The van der Waals surface area contributed by atoms with Crippen molar-refractivity contribution in [3.8, 4) is 0 Å². The highest BCUT2D eigenvalue weighted by atomic mass is 35.5. The van der Waals surface area contributed by atoms with Gasteiger partial charge in [-0.25, -0.2) is 4.39 Å². The number of halogens is 2. The normalized spacial score (nSPS) is 25.1. The highest BCUT2D eigenvalue weighted by molar-refractivity contribution is 6.31. The minimum absolute atomic E-state index is 0.219. The quantitative estimate of drug-likeness (QED) is 0.760. The molecule has 92 valence electrons. The Hall–Kier alpha value is -0.800. The van der Waals surface area contributed by atoms with Crippen LogP contribution in [0, 0.1) is 5.82 Å². The van der Waals surface area contributed by atoms with Crippen molar-refractivity contribution in [2.24, 2.45) is 0 Å². The van der Waals surface area contributed by atoms with Gasteiger partial charge in [0.1, 0.15) is 5.82 Å². The van der Waals surface area contributed by atoms with Gasteiger partial charge in [0, 0.05) is 31.4 Å². The van der Waals surface area contributed by atoms with Crippen LogP contribution in [0.25, 0.3) is 0 Å². The van der Waals surface area contributed by atoms with E-state index < -0.39 is 0 Å². The Morgan fingerprint density at radius 2 is 2.12 bits per heavy atom. The second kappa shape index (κ2) is 4.46. The minimum atomic E-state index is -0.338. The van der Waals surface area contributed by atoms with Crippen molar-refractivity contribution in [2.75, 3.05) is 31.1 Å². The molecule has 0 spiro atoms. The Bertz CT molecular complexity index is 424. The molecule has 1 unspecified atom stereocenters. The van der Waals surface area contributed by atoms with Gasteiger partial charge in [-0.05, 0) is 37.6 Å². The van der Waals surface area contributed by atoms with E-state index in [-0.39, 0.29) is 10.8 Å². The molecule has 0 amide bonds. The van der Waals surface area contributed by atoms with Gasteiger partial charge >= 0.3 is 0 Å². The van der Waals surface area contributed by atoms with Crippen molar-refractivity contribution >= 4 is 17.3 Å². The van der Waals surface area contributed by atoms with Crippen LogP contribution in [0.3, 0.4) is 0 Å². The summed E-state index contributed by atoms with van der Waals surface area (Å²) in [5.41, 5.74) is 1.04. The summed E-state index contributed by atoms with van der Waals surface area (Å²) >= 11 is 5.83. The van der Waals surface area contributed by atoms with Gasteiger partial charge in [0.05, 0.1) is 5.02 Å². The lowest BCUT2D eigenvalue weighted by atomic mass is 10.1. The smallest absolute Gasteiger partial charge is 0.141 e. The van der Waals surface area contributed by atoms with E-state index in [1.165, 1.54) is 25.5 Å². The van der Waals surface area contributed by atoms with Crippen LogP contribution in [-0.2, 0) is 0 Å². The minimum Gasteiger partial charge on any atom is -0.369 e. The van der Waals surface area contributed by atoms with Gasteiger partial charge in [0.2, 0.25) is 0 Å². The lowest BCUT2D eigenvalue weighted by Crippen LogP contribution is -2.50. The average molecular weight is 255 g/mol. The van der Waals surface area contributed by atoms with E-state index in [2.05, 4.69) is 9.80 Å². The topological polar surface area (TPSA) is 6.48 Å². The number of anilines is 1. The third kappa shape index (κ3) is 2.14. The lowest BCUT2D eigenvalue weighted by Gasteiger charge is -2.38. The molecule has 2 nitrogen and oxygen atoms in total. The van der Waals surface area contributed by atoms with Gasteiger partial charge in [-0.2, -0.15) is 0 Å². The van der Waals surface area contributed by atoms with E-state index in [1.807, 2.05) is 6.07 Å². The Morgan fingerprint density at radius 1 is 1.24 bits per heavy atom. The van der Waals surface area contributed by atoms with Crippen LogP contribution >= 0.6 is 11.6 Å². The fraction of sp³-hybridized carbons (Fsp3) is 0.538.